The van der Waals surface area contributed by atoms with Crippen LogP contribution in [0.3, 0.4) is 0 Å². The summed E-state index contributed by atoms with van der Waals surface area (Å²) in [6.45, 7) is 1.87. The number of nitriles is 2. The molecule has 0 aliphatic carbocycles. The minimum atomic E-state index is -0.550. The van der Waals surface area contributed by atoms with Crippen LogP contribution in [-0.4, -0.2) is 37.6 Å². The zero-order chi connectivity index (χ0) is 38.8. The number of benzene rings is 4. The van der Waals surface area contributed by atoms with Gasteiger partial charge in [-0.3, -0.25) is 9.59 Å². The molecule has 8 aromatic rings. The van der Waals surface area contributed by atoms with Gasteiger partial charge in [0.2, 0.25) is 11.8 Å². The number of pyridine rings is 2. The SMILES string of the molecule is CC(C(=O)Nc1ccc(C#N)cc1)c1c(-c2ccc(-c3ncn4c(CC(=O)N(C)c5ccc(C#N)cc5)c(-c5ccccc5)ccc34)cc2)ccc2cncn12. The number of nitrogens with zero attached hydrogens (tertiary/aromatic N) is 7. The van der Waals surface area contributed by atoms with Gasteiger partial charge in [-0.2, -0.15) is 10.5 Å². The molecule has 0 radical (unpaired) electrons. The van der Waals surface area contributed by atoms with Gasteiger partial charge in [0.05, 0.1) is 64.9 Å². The molecule has 1 unspecified atom stereocenters. The van der Waals surface area contributed by atoms with E-state index in [9.17, 15) is 14.9 Å². The summed E-state index contributed by atoms with van der Waals surface area (Å²) < 4.78 is 3.94. The standard InChI is InChI=1S/C46H34N8O2/c1-30(46(56)51-36-16-8-31(25-47)9-17-36)45-40(21-20-38-27-49-28-53(38)45)34-12-14-35(15-13-34)44-41-23-22-39(33-6-4-3-5-7-33)42(54(41)29-50-44)24-43(55)52(2)37-18-10-32(26-48)11-19-37/h3-23,27-30H,24H2,1-2H3,(H,51,56). The second-order valence-electron chi connectivity index (χ2n) is 13.5. The fourth-order valence-corrected chi connectivity index (χ4v) is 7.08. The Morgan fingerprint density at radius 1 is 0.732 bits per heavy atom. The Bertz CT molecular complexity index is 2830. The van der Waals surface area contributed by atoms with Crippen molar-refractivity contribution in [2.75, 3.05) is 17.3 Å². The van der Waals surface area contributed by atoms with Gasteiger partial charge in [-0.15, -0.1) is 0 Å². The van der Waals surface area contributed by atoms with Crippen molar-refractivity contribution in [3.8, 4) is 45.6 Å². The Hall–Kier alpha value is -7.82. The first kappa shape index (κ1) is 35.2. The van der Waals surface area contributed by atoms with Crippen molar-refractivity contribution in [1.29, 1.82) is 10.5 Å². The number of fused-ring (bicyclic) bond motifs is 2. The molecule has 0 aliphatic heterocycles. The van der Waals surface area contributed by atoms with E-state index >= 15 is 0 Å². The number of anilines is 2. The summed E-state index contributed by atoms with van der Waals surface area (Å²) in [4.78, 5) is 38.3. The number of aromatic nitrogens is 4. The van der Waals surface area contributed by atoms with Crippen LogP contribution in [0, 0.1) is 22.7 Å². The number of rotatable bonds is 9. The van der Waals surface area contributed by atoms with Crippen LogP contribution in [0.15, 0.2) is 146 Å². The number of imidazole rings is 2. The van der Waals surface area contributed by atoms with E-state index in [0.29, 0.717) is 22.5 Å². The maximum Gasteiger partial charge on any atom is 0.233 e. The van der Waals surface area contributed by atoms with Crippen LogP contribution >= 0.6 is 0 Å². The Morgan fingerprint density at radius 3 is 2.07 bits per heavy atom. The fraction of sp³-hybridized carbons (Fsp3) is 0.0870. The van der Waals surface area contributed by atoms with Crippen molar-refractivity contribution in [2.24, 2.45) is 0 Å². The summed E-state index contributed by atoms with van der Waals surface area (Å²) in [5.74, 6) is -0.846. The predicted octanol–water partition coefficient (Wildman–Crippen LogP) is 8.67. The lowest BCUT2D eigenvalue weighted by atomic mass is 9.94. The largest absolute Gasteiger partial charge is 0.326 e. The number of likely N-dealkylation sites (N-methyl/N-ethyl adjacent to an activating group) is 1. The Morgan fingerprint density at radius 2 is 1.38 bits per heavy atom. The van der Waals surface area contributed by atoms with E-state index in [2.05, 4.69) is 22.4 Å². The molecule has 0 bridgehead atoms. The van der Waals surface area contributed by atoms with Gasteiger partial charge < -0.3 is 19.0 Å². The smallest absolute Gasteiger partial charge is 0.233 e. The highest BCUT2D eigenvalue weighted by molar-refractivity contribution is 5.97. The molecule has 1 N–H and O–H groups in total. The van der Waals surface area contributed by atoms with Crippen LogP contribution in [-0.2, 0) is 16.0 Å². The Labute approximate surface area is 323 Å². The fourth-order valence-electron chi connectivity index (χ4n) is 7.08. The van der Waals surface area contributed by atoms with Gasteiger partial charge in [0.1, 0.15) is 6.33 Å². The van der Waals surface area contributed by atoms with Gasteiger partial charge in [0.25, 0.3) is 0 Å². The molecule has 2 amide bonds. The Kier molecular flexibility index (Phi) is 9.37. The maximum atomic E-state index is 13.8. The topological polar surface area (TPSA) is 132 Å². The van der Waals surface area contributed by atoms with E-state index < -0.39 is 5.92 Å². The minimum absolute atomic E-state index is 0.107. The summed E-state index contributed by atoms with van der Waals surface area (Å²) >= 11 is 0. The number of hydrogen-bond donors (Lipinski definition) is 1. The van der Waals surface area contributed by atoms with Crippen molar-refractivity contribution in [2.45, 2.75) is 19.3 Å². The first-order valence-corrected chi connectivity index (χ1v) is 18.0. The van der Waals surface area contributed by atoms with Crippen molar-refractivity contribution in [3.05, 3.63) is 169 Å². The van der Waals surface area contributed by atoms with Crippen molar-refractivity contribution < 1.29 is 9.59 Å². The van der Waals surface area contributed by atoms with Crippen LogP contribution in [0.1, 0.15) is 35.4 Å². The molecule has 10 nitrogen and oxygen atoms in total. The van der Waals surface area contributed by atoms with E-state index in [0.717, 1.165) is 55.9 Å². The molecule has 10 heteroatoms. The summed E-state index contributed by atoms with van der Waals surface area (Å²) in [5, 5.41) is 21.4. The summed E-state index contributed by atoms with van der Waals surface area (Å²) in [7, 11) is 1.74. The molecule has 270 valence electrons. The van der Waals surface area contributed by atoms with Crippen LogP contribution in [0.2, 0.25) is 0 Å². The second kappa shape index (κ2) is 14.9. The molecule has 4 heterocycles. The minimum Gasteiger partial charge on any atom is -0.326 e. The third-order valence-corrected chi connectivity index (χ3v) is 10.2. The van der Waals surface area contributed by atoms with Gasteiger partial charge in [-0.25, -0.2) is 9.97 Å². The van der Waals surface area contributed by atoms with Crippen molar-refractivity contribution >= 4 is 34.2 Å². The van der Waals surface area contributed by atoms with E-state index in [1.54, 1.807) is 79.3 Å². The summed E-state index contributed by atoms with van der Waals surface area (Å²) in [6.07, 6.45) is 5.37. The van der Waals surface area contributed by atoms with Gasteiger partial charge in [-0.1, -0.05) is 66.7 Å². The number of amides is 2. The highest BCUT2D eigenvalue weighted by Gasteiger charge is 2.24. The lowest BCUT2D eigenvalue weighted by Crippen LogP contribution is -2.28. The molecule has 4 aromatic carbocycles. The van der Waals surface area contributed by atoms with Crippen LogP contribution in [0.25, 0.3) is 44.5 Å². The van der Waals surface area contributed by atoms with Crippen molar-refractivity contribution in [1.82, 2.24) is 18.8 Å². The number of hydrogen-bond acceptors (Lipinski definition) is 6. The second-order valence-corrected chi connectivity index (χ2v) is 13.5. The van der Waals surface area contributed by atoms with Gasteiger partial charge in [0, 0.05) is 46.5 Å². The predicted molar refractivity (Wildman–Crippen MR) is 217 cm³/mol. The highest BCUT2D eigenvalue weighted by atomic mass is 16.2. The number of carbonyl (C=O) groups excluding carboxylic acids is 2. The summed E-state index contributed by atoms with van der Waals surface area (Å²) in [5.41, 5.74) is 11.1. The molecule has 4 aromatic heterocycles. The first-order valence-electron chi connectivity index (χ1n) is 18.0. The molecule has 0 fully saturated rings. The van der Waals surface area contributed by atoms with Crippen molar-refractivity contribution in [3.63, 3.8) is 0 Å². The lowest BCUT2D eigenvalue weighted by Gasteiger charge is -2.20. The molecular formula is C46H34N8O2. The molecule has 0 aliphatic rings. The van der Waals surface area contributed by atoms with Crippen LogP contribution in [0.4, 0.5) is 11.4 Å². The molecule has 56 heavy (non-hydrogen) atoms. The number of nitrogens with one attached hydrogen (secondary N) is 1. The van der Waals surface area contributed by atoms with Gasteiger partial charge in [-0.05, 0) is 78.7 Å². The first-order chi connectivity index (χ1) is 27.3. The van der Waals surface area contributed by atoms with E-state index in [1.165, 1.54) is 0 Å². The lowest BCUT2D eigenvalue weighted by molar-refractivity contribution is -0.118. The quantitative estimate of drug-likeness (QED) is 0.158. The Balaban J connectivity index is 1.13. The number of carbonyl (C=O) groups is 2. The molecule has 0 saturated carbocycles. The van der Waals surface area contributed by atoms with E-state index in [-0.39, 0.29) is 18.2 Å². The third kappa shape index (κ3) is 6.64. The maximum absolute atomic E-state index is 13.8. The van der Waals surface area contributed by atoms with E-state index in [4.69, 9.17) is 10.2 Å². The molecule has 0 spiro atoms. The van der Waals surface area contributed by atoms with Gasteiger partial charge >= 0.3 is 0 Å². The monoisotopic (exact) mass is 730 g/mol. The zero-order valence-electron chi connectivity index (χ0n) is 30.6. The van der Waals surface area contributed by atoms with Gasteiger partial charge in [0.15, 0.2) is 0 Å². The average Bonchev–Trinajstić information content (AvgIpc) is 3.92. The highest BCUT2D eigenvalue weighted by Crippen LogP contribution is 2.35. The molecule has 8 rings (SSSR count). The molecular weight excluding hydrogens is 697 g/mol. The normalized spacial score (nSPS) is 11.5. The van der Waals surface area contributed by atoms with E-state index in [1.807, 2.05) is 94.6 Å². The third-order valence-electron chi connectivity index (χ3n) is 10.2. The average molecular weight is 731 g/mol. The van der Waals surface area contributed by atoms with Crippen LogP contribution in [0.5, 0.6) is 0 Å². The zero-order valence-corrected chi connectivity index (χ0v) is 30.6. The van der Waals surface area contributed by atoms with Crippen LogP contribution < -0.4 is 10.2 Å². The molecule has 1 atom stereocenters. The summed E-state index contributed by atoms with van der Waals surface area (Å²) in [6, 6.07) is 44.2. The molecule has 0 saturated heterocycles.